The number of aromatic nitrogens is 3. The van der Waals surface area contributed by atoms with Crippen molar-refractivity contribution in [3.8, 4) is 10.7 Å². The third kappa shape index (κ3) is 3.07. The maximum absolute atomic E-state index is 12.2. The molecular weight excluding hydrogens is 328 g/mol. The van der Waals surface area contributed by atoms with E-state index in [1.807, 2.05) is 17.5 Å². The highest BCUT2D eigenvalue weighted by Crippen LogP contribution is 2.49. The summed E-state index contributed by atoms with van der Waals surface area (Å²) in [4.78, 5) is 20.3. The van der Waals surface area contributed by atoms with Gasteiger partial charge >= 0.3 is 0 Å². The van der Waals surface area contributed by atoms with Crippen molar-refractivity contribution >= 4 is 28.6 Å². The largest absolute Gasteiger partial charge is 0.349 e. The maximum atomic E-state index is 12.2. The van der Waals surface area contributed by atoms with Crippen LogP contribution in [-0.2, 0) is 11.3 Å². The zero-order chi connectivity index (χ0) is 15.8. The molecule has 1 aliphatic carbocycles. The first kappa shape index (κ1) is 14.6. The number of carbonyl (C=O) groups is 1. The Labute approximate surface area is 141 Å². The molecule has 0 unspecified atom stereocenters. The van der Waals surface area contributed by atoms with Crippen LogP contribution < -0.4 is 5.32 Å². The minimum atomic E-state index is 0.104. The molecule has 118 valence electrons. The van der Waals surface area contributed by atoms with E-state index >= 15 is 0 Å². The third-order valence-corrected chi connectivity index (χ3v) is 5.96. The molecule has 0 aromatic carbocycles. The number of aromatic amines is 1. The number of nitrogens with one attached hydrogen (secondary N) is 2. The van der Waals surface area contributed by atoms with Crippen LogP contribution in [0.1, 0.15) is 27.9 Å². The molecule has 7 heteroatoms. The zero-order valence-corrected chi connectivity index (χ0v) is 14.2. The molecule has 1 aliphatic rings. The highest BCUT2D eigenvalue weighted by Gasteiger charge is 2.44. The van der Waals surface area contributed by atoms with Crippen LogP contribution in [0.25, 0.3) is 10.7 Å². The Morgan fingerprint density at radius 1 is 1.43 bits per heavy atom. The molecule has 23 heavy (non-hydrogen) atoms. The van der Waals surface area contributed by atoms with Crippen LogP contribution in [0.3, 0.4) is 0 Å². The predicted molar refractivity (Wildman–Crippen MR) is 91.4 cm³/mol. The fourth-order valence-corrected chi connectivity index (χ4v) is 4.36. The molecule has 0 spiro atoms. The van der Waals surface area contributed by atoms with Crippen molar-refractivity contribution in [2.24, 2.45) is 5.92 Å². The van der Waals surface area contributed by atoms with E-state index in [4.69, 9.17) is 0 Å². The number of thiophene rings is 2. The lowest BCUT2D eigenvalue weighted by Gasteiger charge is -2.01. The molecule has 0 radical (unpaired) electrons. The lowest BCUT2D eigenvalue weighted by atomic mass is 10.2. The number of carbonyl (C=O) groups excluding carboxylic acids is 1. The Hall–Kier alpha value is -1.99. The maximum Gasteiger partial charge on any atom is 0.224 e. The summed E-state index contributed by atoms with van der Waals surface area (Å²) in [5.41, 5.74) is 0. The second-order valence-corrected chi connectivity index (χ2v) is 7.97. The predicted octanol–water partition coefficient (Wildman–Crippen LogP) is 3.32. The van der Waals surface area contributed by atoms with Gasteiger partial charge in [0.15, 0.2) is 5.82 Å². The molecule has 0 aliphatic heterocycles. The van der Waals surface area contributed by atoms with Gasteiger partial charge in [0.05, 0.1) is 11.4 Å². The van der Waals surface area contributed by atoms with Crippen LogP contribution in [0, 0.1) is 12.8 Å². The molecule has 2 atom stereocenters. The van der Waals surface area contributed by atoms with Gasteiger partial charge in [0.2, 0.25) is 5.91 Å². The Bertz CT molecular complexity index is 821. The SMILES string of the molecule is Cc1ccc([C@@H]2C[C@@H]2C(=O)NCc2nc(-c3cccs3)n[nH]2)s1. The first-order valence-corrected chi connectivity index (χ1v) is 9.19. The Morgan fingerprint density at radius 2 is 2.35 bits per heavy atom. The van der Waals surface area contributed by atoms with Gasteiger partial charge in [-0.2, -0.15) is 5.10 Å². The van der Waals surface area contributed by atoms with Crippen molar-refractivity contribution in [2.75, 3.05) is 0 Å². The summed E-state index contributed by atoms with van der Waals surface area (Å²) in [6.45, 7) is 2.49. The van der Waals surface area contributed by atoms with Gasteiger partial charge < -0.3 is 5.32 Å². The Kier molecular flexibility index (Phi) is 3.74. The molecule has 0 saturated heterocycles. The topological polar surface area (TPSA) is 70.7 Å². The van der Waals surface area contributed by atoms with Gasteiger partial charge in [-0.15, -0.1) is 22.7 Å². The molecule has 1 amide bonds. The number of hydrogen-bond donors (Lipinski definition) is 2. The second-order valence-electron chi connectivity index (χ2n) is 5.70. The van der Waals surface area contributed by atoms with Crippen molar-refractivity contribution < 1.29 is 4.79 Å². The number of hydrogen-bond acceptors (Lipinski definition) is 5. The molecule has 3 aromatic rings. The fraction of sp³-hybridized carbons (Fsp3) is 0.312. The molecule has 0 bridgehead atoms. The van der Waals surface area contributed by atoms with Crippen molar-refractivity contribution in [3.05, 3.63) is 45.2 Å². The summed E-state index contributed by atoms with van der Waals surface area (Å²) >= 11 is 3.39. The molecule has 1 fully saturated rings. The lowest BCUT2D eigenvalue weighted by molar-refractivity contribution is -0.122. The molecule has 4 rings (SSSR count). The summed E-state index contributed by atoms with van der Waals surface area (Å²) in [6, 6.07) is 8.21. The van der Waals surface area contributed by atoms with E-state index < -0.39 is 0 Å². The average molecular weight is 344 g/mol. The molecule has 3 aromatic heterocycles. The third-order valence-electron chi connectivity index (χ3n) is 3.96. The van der Waals surface area contributed by atoms with Gasteiger partial charge in [-0.25, -0.2) is 4.98 Å². The van der Waals surface area contributed by atoms with Crippen molar-refractivity contribution in [2.45, 2.75) is 25.8 Å². The highest BCUT2D eigenvalue weighted by molar-refractivity contribution is 7.13. The van der Waals surface area contributed by atoms with Gasteiger partial charge in [-0.3, -0.25) is 9.89 Å². The van der Waals surface area contributed by atoms with Crippen LogP contribution in [0.15, 0.2) is 29.6 Å². The van der Waals surface area contributed by atoms with Crippen molar-refractivity contribution in [1.29, 1.82) is 0 Å². The highest BCUT2D eigenvalue weighted by atomic mass is 32.1. The molecule has 3 heterocycles. The van der Waals surface area contributed by atoms with E-state index in [9.17, 15) is 4.79 Å². The fourth-order valence-electron chi connectivity index (χ4n) is 2.64. The van der Waals surface area contributed by atoms with Crippen molar-refractivity contribution in [3.63, 3.8) is 0 Å². The zero-order valence-electron chi connectivity index (χ0n) is 12.6. The molecule has 5 nitrogen and oxygen atoms in total. The summed E-state index contributed by atoms with van der Waals surface area (Å²) in [5, 5.41) is 12.0. The van der Waals surface area contributed by atoms with E-state index in [2.05, 4.69) is 39.6 Å². The average Bonchev–Trinajstić information content (AvgIpc) is 2.95. The standard InChI is InChI=1S/C16H16N4OS2/c1-9-4-5-12(23-9)10-7-11(10)16(21)17-8-14-18-15(20-19-14)13-3-2-6-22-13/h2-6,10-11H,7-8H2,1H3,(H,17,21)(H,18,19,20)/t10-,11+/m1/s1. The molecule has 1 saturated carbocycles. The van der Waals surface area contributed by atoms with Gasteiger partial charge in [-0.05, 0) is 36.9 Å². The number of H-pyrrole nitrogens is 1. The molecule has 2 N–H and O–H groups in total. The van der Waals surface area contributed by atoms with E-state index in [1.54, 1.807) is 22.7 Å². The van der Waals surface area contributed by atoms with E-state index in [0.717, 1.165) is 11.3 Å². The summed E-state index contributed by atoms with van der Waals surface area (Å²) < 4.78 is 0. The first-order chi connectivity index (χ1) is 11.2. The van der Waals surface area contributed by atoms with Crippen LogP contribution in [0.4, 0.5) is 0 Å². The van der Waals surface area contributed by atoms with Crippen LogP contribution in [-0.4, -0.2) is 21.1 Å². The first-order valence-electron chi connectivity index (χ1n) is 7.50. The minimum Gasteiger partial charge on any atom is -0.349 e. The normalized spacial score (nSPS) is 19.7. The number of amides is 1. The van der Waals surface area contributed by atoms with E-state index in [-0.39, 0.29) is 11.8 Å². The number of rotatable bonds is 5. The summed E-state index contributed by atoms with van der Waals surface area (Å²) in [6.07, 6.45) is 0.947. The lowest BCUT2D eigenvalue weighted by Crippen LogP contribution is -2.25. The summed E-state index contributed by atoms with van der Waals surface area (Å²) in [5.74, 6) is 1.97. The van der Waals surface area contributed by atoms with Crippen molar-refractivity contribution in [1.82, 2.24) is 20.5 Å². The minimum absolute atomic E-state index is 0.104. The van der Waals surface area contributed by atoms with Gasteiger partial charge in [0.1, 0.15) is 5.82 Å². The quantitative estimate of drug-likeness (QED) is 0.746. The second kappa shape index (κ2) is 5.90. The van der Waals surface area contributed by atoms with E-state index in [0.29, 0.717) is 24.1 Å². The summed E-state index contributed by atoms with van der Waals surface area (Å²) in [7, 11) is 0. The van der Waals surface area contributed by atoms with Crippen LogP contribution in [0.2, 0.25) is 0 Å². The Morgan fingerprint density at radius 3 is 3.09 bits per heavy atom. The Balaban J connectivity index is 1.32. The van der Waals surface area contributed by atoms with Gasteiger partial charge in [-0.1, -0.05) is 6.07 Å². The van der Waals surface area contributed by atoms with Gasteiger partial charge in [0.25, 0.3) is 0 Å². The monoisotopic (exact) mass is 344 g/mol. The van der Waals surface area contributed by atoms with Crippen LogP contribution in [0.5, 0.6) is 0 Å². The van der Waals surface area contributed by atoms with E-state index in [1.165, 1.54) is 9.75 Å². The van der Waals surface area contributed by atoms with Gasteiger partial charge in [0, 0.05) is 21.6 Å². The number of aryl methyl sites for hydroxylation is 1. The van der Waals surface area contributed by atoms with Crippen LogP contribution >= 0.6 is 22.7 Å². The number of nitrogens with zero attached hydrogens (tertiary/aromatic N) is 2. The smallest absolute Gasteiger partial charge is 0.224 e. The molecular formula is C16H16N4OS2.